The van der Waals surface area contributed by atoms with Gasteiger partial charge in [-0.2, -0.15) is 0 Å². The Labute approximate surface area is 169 Å². The van der Waals surface area contributed by atoms with Crippen molar-refractivity contribution in [2.24, 2.45) is 5.16 Å². The average Bonchev–Trinajstić information content (AvgIpc) is 2.76. The monoisotopic (exact) mass is 390 g/mol. The van der Waals surface area contributed by atoms with Gasteiger partial charge in [0.2, 0.25) is 0 Å². The van der Waals surface area contributed by atoms with E-state index in [1.54, 1.807) is 0 Å². The van der Waals surface area contributed by atoms with Gasteiger partial charge in [-0.15, -0.1) is 0 Å². The maximum absolute atomic E-state index is 12.2. The zero-order chi connectivity index (χ0) is 20.5. The number of carbonyl (C=O) groups is 1. The molecule has 29 heavy (non-hydrogen) atoms. The molecule has 148 valence electrons. The van der Waals surface area contributed by atoms with Crippen LogP contribution < -0.4 is 9.90 Å². The molecule has 0 saturated carbocycles. The quantitative estimate of drug-likeness (QED) is 0.363. The highest BCUT2D eigenvalue weighted by atomic mass is 16.7. The van der Waals surface area contributed by atoms with Crippen LogP contribution in [0.3, 0.4) is 0 Å². The Balaban J connectivity index is 1.72. The minimum atomic E-state index is -0.579. The Hall–Kier alpha value is -3.54. The van der Waals surface area contributed by atoms with Gasteiger partial charge in [-0.05, 0) is 53.9 Å². The number of fused-ring (bicyclic) bond motifs is 4. The number of ether oxygens (including phenoxy) is 1. The van der Waals surface area contributed by atoms with E-state index >= 15 is 0 Å². The summed E-state index contributed by atoms with van der Waals surface area (Å²) in [5.74, 6) is -0.0156. The fraction of sp³-hybridized carbons (Fsp3) is 0.217. The standard InChI is InChI=1S/C23H22N2O4/c1-14-11-19-13-20(21(24-28-4)23(26)27-3)22(14)29-25(19)15(2)17-10-9-16-7-5-6-8-18(16)12-17/h5-13,15H,1-4H3. The molecule has 6 heteroatoms. The number of hydrogen-bond acceptors (Lipinski definition) is 6. The van der Waals surface area contributed by atoms with Crippen molar-refractivity contribution >= 4 is 28.1 Å². The number of benzene rings is 3. The van der Waals surface area contributed by atoms with Gasteiger partial charge < -0.3 is 14.4 Å². The number of oxime groups is 1. The van der Waals surface area contributed by atoms with E-state index in [4.69, 9.17) is 14.4 Å². The topological polar surface area (TPSA) is 60.4 Å². The minimum absolute atomic E-state index is 0.0345. The lowest BCUT2D eigenvalue weighted by atomic mass is 9.99. The van der Waals surface area contributed by atoms with Crippen molar-refractivity contribution in [2.75, 3.05) is 19.3 Å². The number of carbonyl (C=O) groups excluding carboxylic acids is 1. The number of methoxy groups -OCH3 is 1. The summed E-state index contributed by atoms with van der Waals surface area (Å²) in [6, 6.07) is 18.5. The smallest absolute Gasteiger partial charge is 0.360 e. The summed E-state index contributed by atoms with van der Waals surface area (Å²) in [5, 5.41) is 8.07. The molecule has 1 atom stereocenters. The number of rotatable bonds is 5. The lowest BCUT2D eigenvalue weighted by Gasteiger charge is -2.36. The summed E-state index contributed by atoms with van der Waals surface area (Å²) in [6.45, 7) is 4.02. The second-order valence-electron chi connectivity index (χ2n) is 6.95. The number of esters is 1. The number of nitrogens with zero attached hydrogens (tertiary/aromatic N) is 2. The molecule has 3 aromatic rings. The highest BCUT2D eigenvalue weighted by molar-refractivity contribution is 6.44. The highest BCUT2D eigenvalue weighted by Gasteiger charge is 2.32. The first-order valence-electron chi connectivity index (χ1n) is 9.34. The normalized spacial score (nSPS) is 13.9. The van der Waals surface area contributed by atoms with E-state index in [0.717, 1.165) is 16.8 Å². The van der Waals surface area contributed by atoms with Crippen LogP contribution in [-0.4, -0.2) is 25.9 Å². The molecule has 2 heterocycles. The van der Waals surface area contributed by atoms with Crippen molar-refractivity contribution in [3.05, 3.63) is 71.3 Å². The first kappa shape index (κ1) is 18.8. The third-order valence-electron chi connectivity index (χ3n) is 5.13. The molecule has 0 aromatic heterocycles. The SMILES string of the molecule is CON=C(C(=O)OC)c1cc2cc(C)c1ON2C(C)c1ccc2ccccc2c1. The molecule has 6 nitrogen and oxygen atoms in total. The Kier molecular flexibility index (Phi) is 4.84. The third-order valence-corrected chi connectivity index (χ3v) is 5.13. The molecular weight excluding hydrogens is 368 g/mol. The van der Waals surface area contributed by atoms with Gasteiger partial charge in [0.15, 0.2) is 11.5 Å². The van der Waals surface area contributed by atoms with Gasteiger partial charge in [-0.1, -0.05) is 41.6 Å². The van der Waals surface area contributed by atoms with E-state index in [1.165, 1.54) is 25.0 Å². The zero-order valence-electron chi connectivity index (χ0n) is 16.8. The summed E-state index contributed by atoms with van der Waals surface area (Å²) in [7, 11) is 2.70. The molecule has 0 fully saturated rings. The predicted octanol–water partition coefficient (Wildman–Crippen LogP) is 4.55. The molecule has 0 aliphatic carbocycles. The van der Waals surface area contributed by atoms with Crippen molar-refractivity contribution in [3.63, 3.8) is 0 Å². The Morgan fingerprint density at radius 1 is 1.07 bits per heavy atom. The molecule has 1 unspecified atom stereocenters. The van der Waals surface area contributed by atoms with Crippen LogP contribution in [0, 0.1) is 6.92 Å². The number of hydrogen-bond donors (Lipinski definition) is 0. The van der Waals surface area contributed by atoms with Crippen LogP contribution in [0.1, 0.15) is 29.7 Å². The summed E-state index contributed by atoms with van der Waals surface area (Å²) in [4.78, 5) is 23.2. The predicted molar refractivity (Wildman–Crippen MR) is 112 cm³/mol. The Bertz CT molecular complexity index is 1120. The van der Waals surface area contributed by atoms with Gasteiger partial charge in [0.25, 0.3) is 0 Å². The van der Waals surface area contributed by atoms with Crippen molar-refractivity contribution in [1.82, 2.24) is 0 Å². The van der Waals surface area contributed by atoms with Crippen LogP contribution in [0.4, 0.5) is 5.69 Å². The molecule has 0 amide bonds. The Morgan fingerprint density at radius 2 is 1.83 bits per heavy atom. The summed E-state index contributed by atoms with van der Waals surface area (Å²) in [5.41, 5.74) is 3.50. The van der Waals surface area contributed by atoms with Gasteiger partial charge >= 0.3 is 5.97 Å². The van der Waals surface area contributed by atoms with Crippen LogP contribution in [-0.2, 0) is 14.4 Å². The maximum atomic E-state index is 12.2. The molecule has 2 bridgehead atoms. The molecular formula is C23H22N2O4. The van der Waals surface area contributed by atoms with Gasteiger partial charge in [-0.3, -0.25) is 0 Å². The second kappa shape index (κ2) is 7.47. The van der Waals surface area contributed by atoms with Gasteiger partial charge in [0.05, 0.1) is 24.4 Å². The van der Waals surface area contributed by atoms with Crippen LogP contribution >= 0.6 is 0 Å². The molecule has 2 aliphatic heterocycles. The first-order chi connectivity index (χ1) is 14.0. The molecule has 5 rings (SSSR count). The third kappa shape index (κ3) is 3.27. The van der Waals surface area contributed by atoms with E-state index in [-0.39, 0.29) is 11.8 Å². The summed E-state index contributed by atoms with van der Waals surface area (Å²) >= 11 is 0. The van der Waals surface area contributed by atoms with Crippen LogP contribution in [0.25, 0.3) is 10.8 Å². The number of aryl methyl sites for hydroxylation is 1. The van der Waals surface area contributed by atoms with E-state index in [1.807, 2.05) is 36.3 Å². The van der Waals surface area contributed by atoms with E-state index in [0.29, 0.717) is 11.3 Å². The van der Waals surface area contributed by atoms with Crippen molar-refractivity contribution in [2.45, 2.75) is 19.9 Å². The molecule has 0 N–H and O–H groups in total. The van der Waals surface area contributed by atoms with Crippen molar-refractivity contribution in [3.8, 4) is 5.75 Å². The van der Waals surface area contributed by atoms with Gasteiger partial charge in [0, 0.05) is 0 Å². The summed E-state index contributed by atoms with van der Waals surface area (Å²) < 4.78 is 4.84. The van der Waals surface area contributed by atoms with Crippen molar-refractivity contribution < 1.29 is 19.2 Å². The van der Waals surface area contributed by atoms with E-state index < -0.39 is 5.97 Å². The number of anilines is 1. The maximum Gasteiger partial charge on any atom is 0.360 e. The first-order valence-corrected chi connectivity index (χ1v) is 9.34. The van der Waals surface area contributed by atoms with Crippen molar-refractivity contribution in [1.29, 1.82) is 0 Å². The minimum Gasteiger partial charge on any atom is -0.464 e. The second-order valence-corrected chi connectivity index (χ2v) is 6.95. The molecule has 2 aliphatic rings. The fourth-order valence-corrected chi connectivity index (χ4v) is 3.62. The van der Waals surface area contributed by atoms with Crippen LogP contribution in [0.15, 0.2) is 59.8 Å². The lowest BCUT2D eigenvalue weighted by molar-refractivity contribution is -0.132. The average molecular weight is 390 g/mol. The molecule has 0 spiro atoms. The van der Waals surface area contributed by atoms with Crippen LogP contribution in [0.5, 0.6) is 5.75 Å². The van der Waals surface area contributed by atoms with E-state index in [2.05, 4.69) is 42.4 Å². The fourth-order valence-electron chi connectivity index (χ4n) is 3.62. The zero-order valence-corrected chi connectivity index (χ0v) is 16.8. The molecule has 3 aromatic carbocycles. The number of hydroxylamine groups is 1. The molecule has 0 radical (unpaired) electrons. The molecule has 0 saturated heterocycles. The Morgan fingerprint density at radius 3 is 2.52 bits per heavy atom. The largest absolute Gasteiger partial charge is 0.464 e. The summed E-state index contributed by atoms with van der Waals surface area (Å²) in [6.07, 6.45) is 0. The van der Waals surface area contributed by atoms with Gasteiger partial charge in [-0.25, -0.2) is 9.86 Å². The van der Waals surface area contributed by atoms with Gasteiger partial charge in [0.1, 0.15) is 7.11 Å². The van der Waals surface area contributed by atoms with E-state index in [9.17, 15) is 4.79 Å². The van der Waals surface area contributed by atoms with Crippen LogP contribution in [0.2, 0.25) is 0 Å². The highest BCUT2D eigenvalue weighted by Crippen LogP contribution is 2.41. The lowest BCUT2D eigenvalue weighted by Crippen LogP contribution is -2.35.